The fourth-order valence-electron chi connectivity index (χ4n) is 2.62. The number of thiophene rings is 1. The van der Waals surface area contributed by atoms with Crippen LogP contribution >= 0.6 is 11.3 Å². The number of benzene rings is 1. The highest BCUT2D eigenvalue weighted by Gasteiger charge is 2.20. The van der Waals surface area contributed by atoms with E-state index in [1.54, 1.807) is 11.3 Å². The van der Waals surface area contributed by atoms with Crippen LogP contribution in [-0.2, 0) is 11.2 Å². The summed E-state index contributed by atoms with van der Waals surface area (Å²) >= 11 is 1.67. The number of aryl methyl sites for hydroxylation is 1. The van der Waals surface area contributed by atoms with Crippen LogP contribution in [0.2, 0.25) is 0 Å². The topological polar surface area (TPSA) is 74.8 Å². The second-order valence-corrected chi connectivity index (χ2v) is 6.88. The Morgan fingerprint density at radius 1 is 1.20 bits per heavy atom. The smallest absolute Gasteiger partial charge is 0.321 e. The molecule has 0 aliphatic carbocycles. The Balaban J connectivity index is 2.06. The lowest BCUT2D eigenvalue weighted by molar-refractivity contribution is -0.676. The van der Waals surface area contributed by atoms with Gasteiger partial charge in [-0.05, 0) is 29.9 Å². The van der Waals surface area contributed by atoms with Crippen molar-refractivity contribution in [3.05, 3.63) is 57.8 Å². The van der Waals surface area contributed by atoms with Crippen LogP contribution in [0.25, 0.3) is 0 Å². The zero-order valence-corrected chi connectivity index (χ0v) is 15.6. The van der Waals surface area contributed by atoms with E-state index < -0.39 is 6.03 Å². The van der Waals surface area contributed by atoms with Crippen LogP contribution in [0.15, 0.2) is 41.8 Å². The van der Waals surface area contributed by atoms with E-state index in [2.05, 4.69) is 47.9 Å². The van der Waals surface area contributed by atoms with Gasteiger partial charge in [-0.3, -0.25) is 10.1 Å². The van der Waals surface area contributed by atoms with E-state index in [0.29, 0.717) is 0 Å². The number of hydrogen-bond donors (Lipinski definition) is 3. The fraction of sp³-hybridized carbons (Fsp3) is 0.368. The van der Waals surface area contributed by atoms with E-state index in [0.717, 1.165) is 12.0 Å². The van der Waals surface area contributed by atoms with Gasteiger partial charge in [0.05, 0.1) is 4.88 Å². The summed E-state index contributed by atoms with van der Waals surface area (Å²) in [6.07, 6.45) is 3.48. The molecule has 2 aromatic rings. The average Bonchev–Trinajstić information content (AvgIpc) is 3.15. The van der Waals surface area contributed by atoms with Gasteiger partial charge in [0, 0.05) is 12.6 Å². The Labute approximate surface area is 152 Å². The van der Waals surface area contributed by atoms with Crippen molar-refractivity contribution in [3.8, 4) is 0 Å². The van der Waals surface area contributed by atoms with Gasteiger partial charge in [-0.2, -0.15) is 0 Å². The summed E-state index contributed by atoms with van der Waals surface area (Å²) in [6.45, 7) is 2.38. The second kappa shape index (κ2) is 9.96. The standard InChI is InChI=1S/C19H25N3O2S/c1-3-4-6-14-8-10-15(11-9-14)18(16-7-5-12-25-16)21-13-17(23)22-19(24)20-2/h5,7-12,18,21H,3-4,6,13H2,1-2H3,(H2,20,22,23,24)/p+1/t18-/m0/s1. The van der Waals surface area contributed by atoms with E-state index in [1.807, 2.05) is 16.8 Å². The van der Waals surface area contributed by atoms with Crippen molar-refractivity contribution in [2.75, 3.05) is 13.6 Å². The van der Waals surface area contributed by atoms with Crippen LogP contribution in [0.4, 0.5) is 4.79 Å². The van der Waals surface area contributed by atoms with Crippen LogP contribution < -0.4 is 16.0 Å². The Bertz CT molecular complexity index is 668. The molecular formula is C19H26N3O2S+. The van der Waals surface area contributed by atoms with Crippen molar-refractivity contribution in [2.24, 2.45) is 0 Å². The lowest BCUT2D eigenvalue weighted by Gasteiger charge is -2.15. The van der Waals surface area contributed by atoms with Gasteiger partial charge in [-0.25, -0.2) is 4.79 Å². The number of unbranched alkanes of at least 4 members (excludes halogenated alkanes) is 1. The molecule has 5 nitrogen and oxygen atoms in total. The first kappa shape index (κ1) is 19.1. The first-order valence-electron chi connectivity index (χ1n) is 8.61. The second-order valence-electron chi connectivity index (χ2n) is 5.91. The largest absolute Gasteiger partial charge is 0.341 e. The third-order valence-corrected chi connectivity index (χ3v) is 4.98. The lowest BCUT2D eigenvalue weighted by Crippen LogP contribution is -2.87. The Morgan fingerprint density at radius 3 is 2.56 bits per heavy atom. The van der Waals surface area contributed by atoms with Crippen molar-refractivity contribution < 1.29 is 14.9 Å². The van der Waals surface area contributed by atoms with Crippen molar-refractivity contribution in [2.45, 2.75) is 32.2 Å². The molecule has 1 aromatic carbocycles. The van der Waals surface area contributed by atoms with Gasteiger partial charge in [0.1, 0.15) is 6.04 Å². The highest BCUT2D eigenvalue weighted by molar-refractivity contribution is 7.10. The van der Waals surface area contributed by atoms with Crippen LogP contribution in [0.3, 0.4) is 0 Å². The van der Waals surface area contributed by atoms with E-state index >= 15 is 0 Å². The number of carbonyl (C=O) groups is 2. The van der Waals surface area contributed by atoms with Crippen LogP contribution in [-0.4, -0.2) is 25.5 Å². The third kappa shape index (κ3) is 5.99. The van der Waals surface area contributed by atoms with E-state index in [9.17, 15) is 9.59 Å². The van der Waals surface area contributed by atoms with Gasteiger partial charge in [0.2, 0.25) is 0 Å². The number of carbonyl (C=O) groups excluding carboxylic acids is 2. The zero-order valence-electron chi connectivity index (χ0n) is 14.7. The summed E-state index contributed by atoms with van der Waals surface area (Å²) in [5.74, 6) is -0.305. The molecule has 2 rings (SSSR count). The molecular weight excluding hydrogens is 334 g/mol. The molecule has 3 amide bonds. The number of hydrogen-bond acceptors (Lipinski definition) is 3. The SMILES string of the molecule is CCCCc1ccc([C@H]([NH2+]CC(=O)NC(=O)NC)c2cccs2)cc1. The Hall–Kier alpha value is -2.18. The number of nitrogens with two attached hydrogens (primary N) is 1. The van der Waals surface area contributed by atoms with Gasteiger partial charge in [0.15, 0.2) is 6.54 Å². The number of urea groups is 1. The number of imide groups is 1. The maximum atomic E-state index is 11.9. The number of nitrogens with one attached hydrogen (secondary N) is 2. The number of quaternary nitrogens is 1. The van der Waals surface area contributed by atoms with Crippen molar-refractivity contribution in [1.82, 2.24) is 10.6 Å². The van der Waals surface area contributed by atoms with Crippen LogP contribution in [0.1, 0.15) is 41.8 Å². The minimum atomic E-state index is -0.480. The molecule has 6 heteroatoms. The minimum Gasteiger partial charge on any atom is -0.341 e. The number of rotatable bonds is 8. The Kier molecular flexibility index (Phi) is 7.63. The molecule has 0 spiro atoms. The zero-order chi connectivity index (χ0) is 18.1. The molecule has 1 atom stereocenters. The van der Waals surface area contributed by atoms with Crippen molar-refractivity contribution in [1.29, 1.82) is 0 Å². The molecule has 0 fully saturated rings. The summed E-state index contributed by atoms with van der Waals surface area (Å²) < 4.78 is 0. The molecule has 0 unspecified atom stereocenters. The van der Waals surface area contributed by atoms with E-state index in [4.69, 9.17) is 0 Å². The molecule has 25 heavy (non-hydrogen) atoms. The molecule has 0 bridgehead atoms. The molecule has 0 saturated heterocycles. The predicted octanol–water partition coefficient (Wildman–Crippen LogP) is 2.20. The quantitative estimate of drug-likeness (QED) is 0.675. The average molecular weight is 361 g/mol. The minimum absolute atomic E-state index is 0.0515. The summed E-state index contributed by atoms with van der Waals surface area (Å²) in [4.78, 5) is 24.3. The monoisotopic (exact) mass is 360 g/mol. The van der Waals surface area contributed by atoms with Gasteiger partial charge in [0.25, 0.3) is 5.91 Å². The van der Waals surface area contributed by atoms with Gasteiger partial charge >= 0.3 is 6.03 Å². The highest BCUT2D eigenvalue weighted by atomic mass is 32.1. The summed E-state index contributed by atoms with van der Waals surface area (Å²) in [5, 5.41) is 8.68. The van der Waals surface area contributed by atoms with Gasteiger partial charge in [-0.15, -0.1) is 11.3 Å². The normalized spacial score (nSPS) is 11.8. The molecule has 0 saturated carbocycles. The maximum absolute atomic E-state index is 11.9. The Morgan fingerprint density at radius 2 is 1.96 bits per heavy atom. The summed E-state index contributed by atoms with van der Waals surface area (Å²) in [7, 11) is 1.49. The first-order chi connectivity index (χ1) is 12.1. The predicted molar refractivity (Wildman–Crippen MR) is 101 cm³/mol. The summed E-state index contributed by atoms with van der Waals surface area (Å²) in [5.41, 5.74) is 2.50. The third-order valence-electron chi connectivity index (χ3n) is 4.03. The van der Waals surface area contributed by atoms with Crippen LogP contribution in [0.5, 0.6) is 0 Å². The fourth-order valence-corrected chi connectivity index (χ4v) is 3.47. The molecule has 4 N–H and O–H groups in total. The lowest BCUT2D eigenvalue weighted by atomic mass is 10.0. The van der Waals surface area contributed by atoms with Crippen LogP contribution in [0, 0.1) is 0 Å². The van der Waals surface area contributed by atoms with Gasteiger partial charge in [-0.1, -0.05) is 43.7 Å². The molecule has 0 aliphatic heterocycles. The molecule has 0 aliphatic rings. The first-order valence-corrected chi connectivity index (χ1v) is 9.49. The van der Waals surface area contributed by atoms with Crippen molar-refractivity contribution >= 4 is 23.3 Å². The molecule has 1 aromatic heterocycles. The highest BCUT2D eigenvalue weighted by Crippen LogP contribution is 2.23. The maximum Gasteiger partial charge on any atom is 0.321 e. The molecule has 1 heterocycles. The van der Waals surface area contributed by atoms with Gasteiger partial charge < -0.3 is 10.6 Å². The molecule has 134 valence electrons. The van der Waals surface area contributed by atoms with E-state index in [-0.39, 0.29) is 18.5 Å². The number of amides is 3. The summed E-state index contributed by atoms with van der Waals surface area (Å²) in [6, 6.07) is 12.3. The molecule has 0 radical (unpaired) electrons. The van der Waals surface area contributed by atoms with E-state index in [1.165, 1.54) is 30.3 Å². The van der Waals surface area contributed by atoms with Crippen molar-refractivity contribution in [3.63, 3.8) is 0 Å².